The highest BCUT2D eigenvalue weighted by molar-refractivity contribution is 7.09. The van der Waals surface area contributed by atoms with Gasteiger partial charge in [0.1, 0.15) is 0 Å². The van der Waals surface area contributed by atoms with E-state index < -0.39 is 0 Å². The van der Waals surface area contributed by atoms with Gasteiger partial charge in [-0.1, -0.05) is 12.6 Å². The number of nitrogens with one attached hydrogen (secondary N) is 1. The lowest BCUT2D eigenvalue weighted by atomic mass is 10.1. The summed E-state index contributed by atoms with van der Waals surface area (Å²) in [5, 5.41) is 5.64. The molecule has 0 fully saturated rings. The summed E-state index contributed by atoms with van der Waals surface area (Å²) in [4.78, 5) is 3.89. The number of rotatable bonds is 7. The van der Waals surface area contributed by atoms with Gasteiger partial charge in [0.15, 0.2) is 0 Å². The molecule has 1 aromatic heterocycles. The summed E-state index contributed by atoms with van der Waals surface area (Å²) in [6, 6.07) is 4.86. The van der Waals surface area contributed by atoms with Crippen LogP contribution in [-0.4, -0.2) is 29.6 Å². The third-order valence-electron chi connectivity index (χ3n) is 2.96. The second-order valence-corrected chi connectivity index (χ2v) is 7.46. The molecule has 0 atom stereocenters. The van der Waals surface area contributed by atoms with Gasteiger partial charge in [-0.2, -0.15) is 0 Å². The fourth-order valence-electron chi connectivity index (χ4n) is 1.76. The van der Waals surface area contributed by atoms with Gasteiger partial charge in [-0.3, -0.25) is 4.90 Å². The molecule has 2 nitrogen and oxygen atoms in total. The van der Waals surface area contributed by atoms with Crippen LogP contribution >= 0.6 is 11.3 Å². The van der Waals surface area contributed by atoms with E-state index in [1.807, 2.05) is 11.3 Å². The van der Waals surface area contributed by atoms with E-state index in [0.29, 0.717) is 6.04 Å². The first-order chi connectivity index (χ1) is 8.78. The maximum atomic E-state index is 4.21. The maximum absolute atomic E-state index is 4.21. The topological polar surface area (TPSA) is 15.3 Å². The predicted molar refractivity (Wildman–Crippen MR) is 86.8 cm³/mol. The molecule has 0 aliphatic heterocycles. The highest BCUT2D eigenvalue weighted by Crippen LogP contribution is 2.15. The smallest absolute Gasteiger partial charge is 0.0334 e. The average molecular weight is 280 g/mol. The third-order valence-corrected chi connectivity index (χ3v) is 3.83. The minimum atomic E-state index is 0.152. The molecular formula is C16H28N2S. The minimum Gasteiger partial charge on any atom is -0.308 e. The molecule has 0 spiro atoms. The van der Waals surface area contributed by atoms with Crippen molar-refractivity contribution in [3.63, 3.8) is 0 Å². The van der Waals surface area contributed by atoms with E-state index in [1.54, 1.807) is 0 Å². The molecule has 1 N–H and O–H groups in total. The minimum absolute atomic E-state index is 0.152. The van der Waals surface area contributed by atoms with Crippen molar-refractivity contribution in [2.45, 2.75) is 52.7 Å². The van der Waals surface area contributed by atoms with E-state index in [4.69, 9.17) is 0 Å². The fourth-order valence-corrected chi connectivity index (χ4v) is 2.49. The van der Waals surface area contributed by atoms with Crippen molar-refractivity contribution < 1.29 is 0 Å². The van der Waals surface area contributed by atoms with Crippen LogP contribution in [0.4, 0.5) is 0 Å². The van der Waals surface area contributed by atoms with Crippen LogP contribution in [0.2, 0.25) is 0 Å². The van der Waals surface area contributed by atoms with Crippen LogP contribution in [0.3, 0.4) is 0 Å². The van der Waals surface area contributed by atoms with Crippen LogP contribution < -0.4 is 5.32 Å². The Balaban J connectivity index is 2.47. The molecule has 0 amide bonds. The van der Waals surface area contributed by atoms with E-state index in [2.05, 4.69) is 68.9 Å². The average Bonchev–Trinajstić information content (AvgIpc) is 2.77. The van der Waals surface area contributed by atoms with E-state index in [1.165, 1.54) is 10.5 Å². The summed E-state index contributed by atoms with van der Waals surface area (Å²) in [5.74, 6) is 0. The lowest BCUT2D eigenvalue weighted by molar-refractivity contribution is 0.231. The van der Waals surface area contributed by atoms with Gasteiger partial charge in [0.05, 0.1) is 0 Å². The van der Waals surface area contributed by atoms with Crippen LogP contribution in [0.25, 0.3) is 0 Å². The molecule has 0 aliphatic carbocycles. The highest BCUT2D eigenvalue weighted by Gasteiger charge is 2.14. The third kappa shape index (κ3) is 6.90. The molecule has 19 heavy (non-hydrogen) atoms. The molecule has 1 heterocycles. The molecule has 0 saturated heterocycles. The van der Waals surface area contributed by atoms with E-state index in [-0.39, 0.29) is 5.54 Å². The molecular weight excluding hydrogens is 252 g/mol. The standard InChI is InChI=1S/C16H28N2S/c1-13(2)18(12-15-8-7-9-19-15)11-14(3)10-17-16(4,5)6/h7-9,13,17H,3,10-12H2,1-2,4-6H3. The first kappa shape index (κ1) is 16.4. The van der Waals surface area contributed by atoms with Crippen LogP contribution in [0, 0.1) is 0 Å². The van der Waals surface area contributed by atoms with E-state index >= 15 is 0 Å². The summed E-state index contributed by atoms with van der Waals surface area (Å²) in [6.07, 6.45) is 0. The number of hydrogen-bond acceptors (Lipinski definition) is 3. The van der Waals surface area contributed by atoms with Crippen LogP contribution in [0.5, 0.6) is 0 Å². The molecule has 3 heteroatoms. The summed E-state index contributed by atoms with van der Waals surface area (Å²) >= 11 is 1.83. The predicted octanol–water partition coefficient (Wildman–Crippen LogP) is 3.90. The number of thiophene rings is 1. The zero-order chi connectivity index (χ0) is 14.5. The van der Waals surface area contributed by atoms with Crippen LogP contribution in [0.1, 0.15) is 39.5 Å². The molecule has 0 aliphatic rings. The summed E-state index contributed by atoms with van der Waals surface area (Å²) < 4.78 is 0. The number of nitrogens with zero attached hydrogens (tertiary/aromatic N) is 1. The molecule has 0 unspecified atom stereocenters. The Labute approximate surface area is 122 Å². The van der Waals surface area contributed by atoms with Crippen molar-refractivity contribution in [1.29, 1.82) is 0 Å². The van der Waals surface area contributed by atoms with E-state index in [9.17, 15) is 0 Å². The van der Waals surface area contributed by atoms with Gasteiger partial charge in [-0.05, 0) is 51.6 Å². The highest BCUT2D eigenvalue weighted by atomic mass is 32.1. The van der Waals surface area contributed by atoms with Gasteiger partial charge in [-0.25, -0.2) is 0 Å². The molecule has 0 saturated carbocycles. The fraction of sp³-hybridized carbons (Fsp3) is 0.625. The Morgan fingerprint density at radius 1 is 1.42 bits per heavy atom. The zero-order valence-electron chi connectivity index (χ0n) is 13.0. The molecule has 108 valence electrons. The van der Waals surface area contributed by atoms with Crippen LogP contribution in [-0.2, 0) is 6.54 Å². The molecule has 1 rings (SSSR count). The van der Waals surface area contributed by atoms with Gasteiger partial charge in [0, 0.05) is 36.1 Å². The van der Waals surface area contributed by atoms with Gasteiger partial charge in [0.25, 0.3) is 0 Å². The molecule has 0 bridgehead atoms. The quantitative estimate of drug-likeness (QED) is 0.762. The van der Waals surface area contributed by atoms with E-state index in [0.717, 1.165) is 19.6 Å². The van der Waals surface area contributed by atoms with Crippen molar-refractivity contribution in [2.75, 3.05) is 13.1 Å². The van der Waals surface area contributed by atoms with Crippen molar-refractivity contribution in [2.24, 2.45) is 0 Å². The lowest BCUT2D eigenvalue weighted by Crippen LogP contribution is -2.39. The zero-order valence-corrected chi connectivity index (χ0v) is 13.8. The van der Waals surface area contributed by atoms with Crippen molar-refractivity contribution in [1.82, 2.24) is 10.2 Å². The second kappa shape index (κ2) is 7.22. The number of hydrogen-bond donors (Lipinski definition) is 1. The molecule has 0 radical (unpaired) electrons. The Kier molecular flexibility index (Phi) is 6.24. The van der Waals surface area contributed by atoms with Crippen molar-refractivity contribution >= 4 is 11.3 Å². The maximum Gasteiger partial charge on any atom is 0.0334 e. The van der Waals surface area contributed by atoms with Gasteiger partial charge in [0.2, 0.25) is 0 Å². The monoisotopic (exact) mass is 280 g/mol. The summed E-state index contributed by atoms with van der Waals surface area (Å²) in [7, 11) is 0. The lowest BCUT2D eigenvalue weighted by Gasteiger charge is -2.28. The first-order valence-corrected chi connectivity index (χ1v) is 7.84. The Hall–Kier alpha value is -0.640. The van der Waals surface area contributed by atoms with Gasteiger partial charge in [-0.15, -0.1) is 11.3 Å². The Bertz CT molecular complexity index is 374. The summed E-state index contributed by atoms with van der Waals surface area (Å²) in [6.45, 7) is 18.1. The van der Waals surface area contributed by atoms with Gasteiger partial charge < -0.3 is 5.32 Å². The van der Waals surface area contributed by atoms with Crippen LogP contribution in [0.15, 0.2) is 29.7 Å². The van der Waals surface area contributed by atoms with Crippen molar-refractivity contribution in [3.05, 3.63) is 34.5 Å². The second-order valence-electron chi connectivity index (χ2n) is 6.43. The summed E-state index contributed by atoms with van der Waals surface area (Å²) in [5.41, 5.74) is 1.40. The first-order valence-electron chi connectivity index (χ1n) is 6.96. The Morgan fingerprint density at radius 2 is 2.11 bits per heavy atom. The molecule has 1 aromatic rings. The molecule has 0 aromatic carbocycles. The SMILES string of the molecule is C=C(CNC(C)(C)C)CN(Cc1cccs1)C(C)C. The largest absolute Gasteiger partial charge is 0.308 e. The van der Waals surface area contributed by atoms with Gasteiger partial charge >= 0.3 is 0 Å². The Morgan fingerprint density at radius 3 is 2.58 bits per heavy atom. The van der Waals surface area contributed by atoms with Crippen molar-refractivity contribution in [3.8, 4) is 0 Å². The normalized spacial score (nSPS) is 12.4.